The fraction of sp³-hybridized carbons (Fsp3) is 0.500. The zero-order chi connectivity index (χ0) is 18.0. The number of urea groups is 1. The van der Waals surface area contributed by atoms with Crippen molar-refractivity contribution < 1.29 is 14.4 Å². The van der Waals surface area contributed by atoms with E-state index in [-0.39, 0.29) is 37.4 Å². The number of imide groups is 1. The molecule has 1 aromatic carbocycles. The summed E-state index contributed by atoms with van der Waals surface area (Å²) in [6, 6.07) is 7.71. The number of carbonyl (C=O) groups excluding carboxylic acids is 3. The Hall–Kier alpha value is -2.41. The molecule has 7 nitrogen and oxygen atoms in total. The Morgan fingerprint density at radius 2 is 2.00 bits per heavy atom. The molecule has 1 aromatic rings. The second-order valence-electron chi connectivity index (χ2n) is 6.81. The largest absolute Gasteiger partial charge is 0.324 e. The molecule has 134 valence electrons. The van der Waals surface area contributed by atoms with Crippen molar-refractivity contribution in [2.75, 3.05) is 38.6 Å². The van der Waals surface area contributed by atoms with Gasteiger partial charge in [0, 0.05) is 31.2 Å². The lowest BCUT2D eigenvalue weighted by Crippen LogP contribution is -2.54. The Morgan fingerprint density at radius 3 is 2.72 bits per heavy atom. The number of rotatable bonds is 3. The summed E-state index contributed by atoms with van der Waals surface area (Å²) in [5.41, 5.74) is 2.07. The molecule has 4 amide bonds. The van der Waals surface area contributed by atoms with Crippen LogP contribution < -0.4 is 10.2 Å². The van der Waals surface area contributed by atoms with E-state index in [1.54, 1.807) is 4.90 Å². The van der Waals surface area contributed by atoms with E-state index in [1.807, 2.05) is 32.3 Å². The second-order valence-corrected chi connectivity index (χ2v) is 6.81. The highest BCUT2D eigenvalue weighted by molar-refractivity contribution is 6.01. The molecule has 1 fully saturated rings. The molecule has 1 unspecified atom stereocenters. The Kier molecular flexibility index (Phi) is 5.03. The highest BCUT2D eigenvalue weighted by atomic mass is 16.2. The molecule has 0 saturated carbocycles. The highest BCUT2D eigenvalue weighted by Crippen LogP contribution is 2.27. The van der Waals surface area contributed by atoms with Gasteiger partial charge in [0.1, 0.15) is 6.54 Å². The molecule has 0 bridgehead atoms. The molecule has 0 spiro atoms. The van der Waals surface area contributed by atoms with Gasteiger partial charge in [0.25, 0.3) is 0 Å². The first-order chi connectivity index (χ1) is 12.0. The number of carbonyl (C=O) groups is 3. The average Bonchev–Trinajstić information content (AvgIpc) is 2.77. The lowest BCUT2D eigenvalue weighted by atomic mass is 10.1. The monoisotopic (exact) mass is 344 g/mol. The topological polar surface area (TPSA) is 73.0 Å². The first-order valence-corrected chi connectivity index (χ1v) is 8.59. The summed E-state index contributed by atoms with van der Waals surface area (Å²) in [6.07, 6.45) is 2.13. The van der Waals surface area contributed by atoms with E-state index >= 15 is 0 Å². The third-order valence-electron chi connectivity index (χ3n) is 4.92. The van der Waals surface area contributed by atoms with Crippen LogP contribution in [0.25, 0.3) is 0 Å². The fourth-order valence-electron chi connectivity index (χ4n) is 3.36. The van der Waals surface area contributed by atoms with Crippen molar-refractivity contribution in [2.45, 2.75) is 25.3 Å². The van der Waals surface area contributed by atoms with Gasteiger partial charge in [0.05, 0.1) is 0 Å². The predicted octanol–water partition coefficient (Wildman–Crippen LogP) is 0.838. The van der Waals surface area contributed by atoms with Crippen LogP contribution in [0.3, 0.4) is 0 Å². The van der Waals surface area contributed by atoms with E-state index in [2.05, 4.69) is 16.3 Å². The first kappa shape index (κ1) is 17.4. The van der Waals surface area contributed by atoms with E-state index < -0.39 is 6.03 Å². The summed E-state index contributed by atoms with van der Waals surface area (Å²) >= 11 is 0. The smallest absolute Gasteiger partial charge is 0.315 e. The third-order valence-corrected chi connectivity index (χ3v) is 4.92. The minimum Gasteiger partial charge on any atom is -0.315 e. The Bertz CT molecular complexity index is 689. The molecule has 1 saturated heterocycles. The molecule has 2 aliphatic rings. The van der Waals surface area contributed by atoms with Crippen molar-refractivity contribution in [1.29, 1.82) is 0 Å². The molecule has 3 rings (SSSR count). The Balaban J connectivity index is 1.81. The molecule has 2 aliphatic heterocycles. The van der Waals surface area contributed by atoms with Crippen molar-refractivity contribution in [2.24, 2.45) is 0 Å². The molecular weight excluding hydrogens is 320 g/mol. The molecular formula is C18H24N4O3. The van der Waals surface area contributed by atoms with E-state index in [9.17, 15) is 14.4 Å². The molecule has 7 heteroatoms. The van der Waals surface area contributed by atoms with Crippen molar-refractivity contribution in [3.8, 4) is 0 Å². The number of amides is 4. The summed E-state index contributed by atoms with van der Waals surface area (Å²) in [7, 11) is 4.04. The van der Waals surface area contributed by atoms with Crippen LogP contribution in [0.5, 0.6) is 0 Å². The van der Waals surface area contributed by atoms with E-state index in [0.717, 1.165) is 24.1 Å². The molecule has 0 radical (unpaired) electrons. The van der Waals surface area contributed by atoms with E-state index in [4.69, 9.17) is 0 Å². The van der Waals surface area contributed by atoms with Crippen LogP contribution in [0, 0.1) is 0 Å². The summed E-state index contributed by atoms with van der Waals surface area (Å²) < 4.78 is 0. The van der Waals surface area contributed by atoms with Gasteiger partial charge in [-0.05, 0) is 38.6 Å². The third kappa shape index (κ3) is 3.82. The summed E-state index contributed by atoms with van der Waals surface area (Å²) in [6.45, 7) is 0.855. The maximum Gasteiger partial charge on any atom is 0.324 e. The normalized spacial score (nSPS) is 21.0. The number of benzene rings is 1. The van der Waals surface area contributed by atoms with Crippen LogP contribution in [0.15, 0.2) is 24.3 Å². The number of para-hydroxylation sites is 1. The first-order valence-electron chi connectivity index (χ1n) is 8.59. The van der Waals surface area contributed by atoms with Gasteiger partial charge < -0.3 is 14.7 Å². The quantitative estimate of drug-likeness (QED) is 0.882. The minimum absolute atomic E-state index is 0.0202. The lowest BCUT2D eigenvalue weighted by molar-refractivity contribution is -0.124. The fourth-order valence-corrected chi connectivity index (χ4v) is 3.36. The van der Waals surface area contributed by atoms with Gasteiger partial charge >= 0.3 is 6.03 Å². The Labute approximate surface area is 147 Å². The van der Waals surface area contributed by atoms with Gasteiger partial charge in [0.15, 0.2) is 0 Å². The number of nitrogens with one attached hydrogen (secondary N) is 1. The number of likely N-dealkylation sites (N-methyl/N-ethyl adjacent to an activating group) is 1. The van der Waals surface area contributed by atoms with Crippen LogP contribution in [0.1, 0.15) is 18.4 Å². The van der Waals surface area contributed by atoms with Crippen molar-refractivity contribution in [3.63, 3.8) is 0 Å². The Morgan fingerprint density at radius 1 is 1.24 bits per heavy atom. The second kappa shape index (κ2) is 7.23. The van der Waals surface area contributed by atoms with Gasteiger partial charge in [-0.15, -0.1) is 0 Å². The molecule has 1 N–H and O–H groups in total. The minimum atomic E-state index is -0.489. The van der Waals surface area contributed by atoms with E-state index in [1.165, 1.54) is 4.90 Å². The molecule has 2 heterocycles. The summed E-state index contributed by atoms with van der Waals surface area (Å²) in [4.78, 5) is 41.5. The number of fused-ring (bicyclic) bond motifs is 1. The zero-order valence-electron chi connectivity index (χ0n) is 14.7. The molecule has 0 aliphatic carbocycles. The lowest BCUT2D eigenvalue weighted by Gasteiger charge is -2.32. The van der Waals surface area contributed by atoms with Crippen LogP contribution in [0.2, 0.25) is 0 Å². The highest BCUT2D eigenvalue weighted by Gasteiger charge is 2.30. The van der Waals surface area contributed by atoms with Crippen molar-refractivity contribution in [1.82, 2.24) is 15.1 Å². The van der Waals surface area contributed by atoms with Gasteiger partial charge in [-0.3, -0.25) is 14.9 Å². The number of hydrogen-bond acceptors (Lipinski definition) is 4. The van der Waals surface area contributed by atoms with Gasteiger partial charge in [-0.1, -0.05) is 18.2 Å². The molecule has 0 aromatic heterocycles. The van der Waals surface area contributed by atoms with Crippen molar-refractivity contribution in [3.05, 3.63) is 29.8 Å². The summed E-state index contributed by atoms with van der Waals surface area (Å²) in [5, 5.41) is 2.27. The standard InChI is InChI=1S/C18H24N4O3/c1-20(2)14-8-7-13-5-3-4-6-15(13)22(11-14)17(24)12-21-10-9-16(23)19-18(21)25/h3-6,14H,7-12H2,1-2H3,(H,19,23,25). The maximum absolute atomic E-state index is 13.0. The van der Waals surface area contributed by atoms with Crippen LogP contribution in [-0.4, -0.2) is 67.4 Å². The van der Waals surface area contributed by atoms with Gasteiger partial charge in [0.2, 0.25) is 11.8 Å². The van der Waals surface area contributed by atoms with Crippen molar-refractivity contribution >= 4 is 23.5 Å². The number of hydrogen-bond donors (Lipinski definition) is 1. The predicted molar refractivity (Wildman–Crippen MR) is 94.3 cm³/mol. The summed E-state index contributed by atoms with van der Waals surface area (Å²) in [5.74, 6) is -0.410. The number of nitrogens with zero attached hydrogens (tertiary/aromatic N) is 3. The van der Waals surface area contributed by atoms with E-state index in [0.29, 0.717) is 6.54 Å². The van der Waals surface area contributed by atoms with Gasteiger partial charge in [-0.25, -0.2) is 4.79 Å². The zero-order valence-corrected chi connectivity index (χ0v) is 14.7. The number of anilines is 1. The molecule has 25 heavy (non-hydrogen) atoms. The number of aryl methyl sites for hydroxylation is 1. The SMILES string of the molecule is CN(C)C1CCc2ccccc2N(C(=O)CN2CCC(=O)NC2=O)C1. The molecule has 1 atom stereocenters. The maximum atomic E-state index is 13.0. The van der Waals surface area contributed by atoms with Crippen LogP contribution in [-0.2, 0) is 16.0 Å². The average molecular weight is 344 g/mol. The van der Waals surface area contributed by atoms with Crippen LogP contribution in [0.4, 0.5) is 10.5 Å². The van der Waals surface area contributed by atoms with Gasteiger partial charge in [-0.2, -0.15) is 0 Å². The van der Waals surface area contributed by atoms with Crippen LogP contribution >= 0.6 is 0 Å².